The molecule has 1 N–H and O–H groups in total. The molecule has 1 amide bonds. The van der Waals surface area contributed by atoms with E-state index in [0.717, 1.165) is 17.7 Å². The fraction of sp³-hybridized carbons (Fsp3) is 0.188. The highest BCUT2D eigenvalue weighted by atomic mass is 35.5. The zero-order chi connectivity index (χ0) is 16.8. The molecule has 0 atom stereocenters. The number of hydrogen-bond donors (Lipinski definition) is 1. The van der Waals surface area contributed by atoms with E-state index in [2.05, 4.69) is 10.1 Å². The average molecular weight is 344 g/mol. The molecule has 23 heavy (non-hydrogen) atoms. The molecule has 7 heteroatoms. The number of rotatable bonds is 6. The van der Waals surface area contributed by atoms with Gasteiger partial charge in [0.05, 0.1) is 10.6 Å². The summed E-state index contributed by atoms with van der Waals surface area (Å²) in [5.74, 6) is -0.851. The summed E-state index contributed by atoms with van der Waals surface area (Å²) >= 11 is 5.80. The minimum absolute atomic E-state index is 0.0380. The van der Waals surface area contributed by atoms with E-state index in [9.17, 15) is 18.0 Å². The van der Waals surface area contributed by atoms with Crippen LogP contribution in [0.5, 0.6) is 5.75 Å². The first-order valence-electron chi connectivity index (χ1n) is 6.72. The topological polar surface area (TPSA) is 38.3 Å². The van der Waals surface area contributed by atoms with E-state index in [1.165, 1.54) is 18.2 Å². The number of benzene rings is 2. The minimum Gasteiger partial charge on any atom is -0.435 e. The van der Waals surface area contributed by atoms with Gasteiger partial charge in [0.15, 0.2) is 0 Å². The number of carbonyl (C=O) groups excluding carboxylic acids is 1. The number of alkyl halides is 2. The lowest BCUT2D eigenvalue weighted by atomic mass is 10.1. The smallest absolute Gasteiger partial charge is 0.387 e. The van der Waals surface area contributed by atoms with Gasteiger partial charge in [-0.05, 0) is 42.3 Å². The van der Waals surface area contributed by atoms with Crippen LogP contribution in [0.15, 0.2) is 42.5 Å². The maximum Gasteiger partial charge on any atom is 0.387 e. The van der Waals surface area contributed by atoms with Crippen LogP contribution >= 0.6 is 11.6 Å². The predicted octanol–water partition coefficient (Wildman–Crippen LogP) is 4.05. The van der Waals surface area contributed by atoms with E-state index in [4.69, 9.17) is 11.6 Å². The van der Waals surface area contributed by atoms with Crippen molar-refractivity contribution in [2.75, 3.05) is 6.54 Å². The molecule has 0 aliphatic rings. The Labute approximate surface area is 136 Å². The van der Waals surface area contributed by atoms with Crippen molar-refractivity contribution in [3.05, 3.63) is 64.4 Å². The highest BCUT2D eigenvalue weighted by Gasteiger charge is 2.10. The molecule has 0 saturated carbocycles. The summed E-state index contributed by atoms with van der Waals surface area (Å²) in [5.41, 5.74) is 1.03. The van der Waals surface area contributed by atoms with Gasteiger partial charge < -0.3 is 10.1 Å². The lowest BCUT2D eigenvalue weighted by Crippen LogP contribution is -2.26. The van der Waals surface area contributed by atoms with Gasteiger partial charge in [-0.2, -0.15) is 8.78 Å². The Hall–Kier alpha value is -2.21. The molecule has 0 radical (unpaired) electrons. The maximum absolute atomic E-state index is 12.9. The monoisotopic (exact) mass is 343 g/mol. The van der Waals surface area contributed by atoms with E-state index in [1.807, 2.05) is 0 Å². The number of ether oxygens (including phenoxy) is 1. The summed E-state index contributed by atoms with van der Waals surface area (Å²) in [6.07, 6.45) is 0.500. The highest BCUT2D eigenvalue weighted by Crippen LogP contribution is 2.17. The minimum atomic E-state index is -2.86. The third-order valence-corrected chi connectivity index (χ3v) is 3.34. The Kier molecular flexibility index (Phi) is 5.87. The van der Waals surface area contributed by atoms with Crippen molar-refractivity contribution in [2.45, 2.75) is 13.0 Å². The molecule has 3 nitrogen and oxygen atoms in total. The molecule has 0 aromatic heterocycles. The van der Waals surface area contributed by atoms with Gasteiger partial charge in [0, 0.05) is 6.54 Å². The number of carbonyl (C=O) groups is 1. The van der Waals surface area contributed by atoms with Crippen molar-refractivity contribution in [1.29, 1.82) is 0 Å². The van der Waals surface area contributed by atoms with Crippen LogP contribution in [0.3, 0.4) is 0 Å². The average Bonchev–Trinajstić information content (AvgIpc) is 2.48. The molecule has 2 rings (SSSR count). The number of halogens is 4. The van der Waals surface area contributed by atoms with Crippen LogP contribution in [0.2, 0.25) is 5.02 Å². The van der Waals surface area contributed by atoms with Gasteiger partial charge in [-0.25, -0.2) is 4.39 Å². The largest absolute Gasteiger partial charge is 0.435 e. The van der Waals surface area contributed by atoms with Crippen LogP contribution in [0.25, 0.3) is 0 Å². The fourth-order valence-electron chi connectivity index (χ4n) is 1.93. The molecule has 0 aliphatic carbocycles. The molecular weight excluding hydrogens is 331 g/mol. The van der Waals surface area contributed by atoms with Crippen LogP contribution in [0.4, 0.5) is 13.2 Å². The second kappa shape index (κ2) is 7.87. The second-order valence-corrected chi connectivity index (χ2v) is 5.06. The maximum atomic E-state index is 12.9. The summed E-state index contributed by atoms with van der Waals surface area (Å²) in [6.45, 7) is -2.54. The van der Waals surface area contributed by atoms with Gasteiger partial charge in [0.25, 0.3) is 5.91 Å². The fourth-order valence-corrected chi connectivity index (χ4v) is 2.18. The van der Waals surface area contributed by atoms with Crippen molar-refractivity contribution in [1.82, 2.24) is 5.32 Å². The Morgan fingerprint density at radius 3 is 2.48 bits per heavy atom. The molecule has 0 fully saturated rings. The molecule has 0 unspecified atom stereocenters. The highest BCUT2D eigenvalue weighted by molar-refractivity contribution is 6.33. The lowest BCUT2D eigenvalue weighted by Gasteiger charge is -2.08. The van der Waals surface area contributed by atoms with Crippen molar-refractivity contribution in [3.63, 3.8) is 0 Å². The lowest BCUT2D eigenvalue weighted by molar-refractivity contribution is -0.0498. The van der Waals surface area contributed by atoms with Gasteiger partial charge in [-0.3, -0.25) is 4.79 Å². The number of amides is 1. The van der Waals surface area contributed by atoms with Gasteiger partial charge >= 0.3 is 6.61 Å². The second-order valence-electron chi connectivity index (χ2n) is 4.65. The van der Waals surface area contributed by atoms with Gasteiger partial charge in [-0.1, -0.05) is 23.7 Å². The van der Waals surface area contributed by atoms with E-state index in [1.54, 1.807) is 12.1 Å². The van der Waals surface area contributed by atoms with Crippen LogP contribution < -0.4 is 10.1 Å². The van der Waals surface area contributed by atoms with E-state index in [-0.39, 0.29) is 16.3 Å². The van der Waals surface area contributed by atoms with Crippen LogP contribution in [0, 0.1) is 5.82 Å². The number of nitrogens with one attached hydrogen (secondary N) is 1. The summed E-state index contributed by atoms with van der Waals surface area (Å²) in [4.78, 5) is 11.9. The Bertz CT molecular complexity index is 678. The molecular formula is C16H13ClF3NO2. The Morgan fingerprint density at radius 2 is 1.87 bits per heavy atom. The molecule has 2 aromatic rings. The first kappa shape index (κ1) is 17.1. The number of hydrogen-bond acceptors (Lipinski definition) is 2. The summed E-state index contributed by atoms with van der Waals surface area (Å²) in [7, 11) is 0. The summed E-state index contributed by atoms with van der Waals surface area (Å²) in [6, 6.07) is 9.66. The Balaban J connectivity index is 1.85. The van der Waals surface area contributed by atoms with E-state index in [0.29, 0.717) is 13.0 Å². The van der Waals surface area contributed by atoms with Gasteiger partial charge in [-0.15, -0.1) is 0 Å². The van der Waals surface area contributed by atoms with E-state index >= 15 is 0 Å². The summed E-state index contributed by atoms with van der Waals surface area (Å²) in [5, 5.41) is 2.70. The first-order chi connectivity index (χ1) is 11.0. The third kappa shape index (κ3) is 5.17. The third-order valence-electron chi connectivity index (χ3n) is 3.02. The van der Waals surface area contributed by atoms with Crippen molar-refractivity contribution >= 4 is 17.5 Å². The predicted molar refractivity (Wildman–Crippen MR) is 80.5 cm³/mol. The summed E-state index contributed by atoms with van der Waals surface area (Å²) < 4.78 is 41.2. The standard InChI is InChI=1S/C16H13ClF3NO2/c17-14-9-11(18)3-6-13(14)15(22)21-8-7-10-1-4-12(5-2-10)23-16(19)20/h1-6,9,16H,7-8H2,(H,21,22). The zero-order valence-corrected chi connectivity index (χ0v) is 12.6. The van der Waals surface area contributed by atoms with Crippen LogP contribution in [0.1, 0.15) is 15.9 Å². The molecule has 122 valence electrons. The normalized spacial score (nSPS) is 10.7. The molecule has 0 heterocycles. The Morgan fingerprint density at radius 1 is 1.17 bits per heavy atom. The molecule has 2 aromatic carbocycles. The SMILES string of the molecule is O=C(NCCc1ccc(OC(F)F)cc1)c1ccc(F)cc1Cl. The van der Waals surface area contributed by atoms with E-state index < -0.39 is 18.3 Å². The van der Waals surface area contributed by atoms with Crippen molar-refractivity contribution in [2.24, 2.45) is 0 Å². The zero-order valence-electron chi connectivity index (χ0n) is 11.9. The molecule has 0 saturated heterocycles. The van der Waals surface area contributed by atoms with Crippen molar-refractivity contribution in [3.8, 4) is 5.75 Å². The van der Waals surface area contributed by atoms with Crippen LogP contribution in [-0.2, 0) is 6.42 Å². The van der Waals surface area contributed by atoms with Gasteiger partial charge in [0.1, 0.15) is 11.6 Å². The molecule has 0 spiro atoms. The quantitative estimate of drug-likeness (QED) is 0.859. The van der Waals surface area contributed by atoms with Crippen molar-refractivity contribution < 1.29 is 22.7 Å². The molecule has 0 aliphatic heterocycles. The molecule has 0 bridgehead atoms. The first-order valence-corrected chi connectivity index (χ1v) is 7.10. The van der Waals surface area contributed by atoms with Gasteiger partial charge in [0.2, 0.25) is 0 Å². The van der Waals surface area contributed by atoms with Crippen LogP contribution in [-0.4, -0.2) is 19.1 Å².